The van der Waals surface area contributed by atoms with Crippen LogP contribution in [0.25, 0.3) is 0 Å². The van der Waals surface area contributed by atoms with E-state index in [1.807, 2.05) is 27.7 Å². The molecule has 2 atom stereocenters. The first-order chi connectivity index (χ1) is 6.82. The molecule has 1 fully saturated rings. The normalized spacial score (nSPS) is 23.5. The van der Waals surface area contributed by atoms with Gasteiger partial charge in [0.15, 0.2) is 0 Å². The molecule has 0 aromatic carbocycles. The van der Waals surface area contributed by atoms with E-state index in [-0.39, 0.29) is 17.3 Å². The lowest BCUT2D eigenvalue weighted by Crippen LogP contribution is -2.32. The topological polar surface area (TPSA) is 52.6 Å². The Morgan fingerprint density at radius 2 is 2.13 bits per heavy atom. The zero-order valence-corrected chi connectivity index (χ0v) is 9.70. The van der Waals surface area contributed by atoms with Crippen LogP contribution in [0.4, 0.5) is 0 Å². The number of esters is 2. The Kier molecular flexibility index (Phi) is 3.37. The fourth-order valence-corrected chi connectivity index (χ4v) is 1.18. The van der Waals surface area contributed by atoms with E-state index in [9.17, 15) is 9.59 Å². The van der Waals surface area contributed by atoms with Crippen LogP contribution in [0.3, 0.4) is 0 Å². The van der Waals surface area contributed by atoms with Crippen molar-refractivity contribution in [2.24, 2.45) is 11.3 Å². The smallest absolute Gasteiger partial charge is 0.347 e. The second kappa shape index (κ2) is 4.21. The molecule has 2 unspecified atom stereocenters. The fourth-order valence-electron chi connectivity index (χ4n) is 1.18. The van der Waals surface area contributed by atoms with Gasteiger partial charge in [-0.2, -0.15) is 0 Å². The van der Waals surface area contributed by atoms with E-state index in [2.05, 4.69) is 0 Å². The Morgan fingerprint density at radius 3 is 2.53 bits per heavy atom. The summed E-state index contributed by atoms with van der Waals surface area (Å²) in [4.78, 5) is 22.7. The zero-order valence-electron chi connectivity index (χ0n) is 9.70. The molecule has 1 aliphatic rings. The van der Waals surface area contributed by atoms with Gasteiger partial charge in [-0.05, 0) is 5.41 Å². The molecule has 4 heteroatoms. The summed E-state index contributed by atoms with van der Waals surface area (Å²) in [5.74, 6) is -0.985. The van der Waals surface area contributed by atoms with Gasteiger partial charge in [-0.1, -0.05) is 27.7 Å². The van der Waals surface area contributed by atoms with Crippen molar-refractivity contribution in [3.05, 3.63) is 0 Å². The third-order valence-electron chi connectivity index (χ3n) is 2.80. The molecule has 1 heterocycles. The van der Waals surface area contributed by atoms with E-state index in [1.165, 1.54) is 0 Å². The highest BCUT2D eigenvalue weighted by Gasteiger charge is 2.34. The quantitative estimate of drug-likeness (QED) is 0.654. The van der Waals surface area contributed by atoms with Gasteiger partial charge in [-0.15, -0.1) is 0 Å². The van der Waals surface area contributed by atoms with E-state index in [4.69, 9.17) is 9.47 Å². The number of carbonyl (C=O) groups is 2. The third kappa shape index (κ3) is 2.94. The summed E-state index contributed by atoms with van der Waals surface area (Å²) in [5.41, 5.74) is -0.153. The second-order valence-corrected chi connectivity index (χ2v) is 4.97. The summed E-state index contributed by atoms with van der Waals surface area (Å²) in [5, 5.41) is 0. The molecule has 1 aliphatic heterocycles. The minimum Gasteiger partial charge on any atom is -0.463 e. The van der Waals surface area contributed by atoms with Gasteiger partial charge in [0.05, 0.1) is 12.5 Å². The molecule has 86 valence electrons. The van der Waals surface area contributed by atoms with Crippen LogP contribution >= 0.6 is 0 Å². The maximum Gasteiger partial charge on any atom is 0.347 e. The summed E-state index contributed by atoms with van der Waals surface area (Å²) < 4.78 is 9.81. The van der Waals surface area contributed by atoms with Crippen LogP contribution in [0, 0.1) is 11.3 Å². The van der Waals surface area contributed by atoms with Crippen LogP contribution in [0.1, 0.15) is 34.1 Å². The summed E-state index contributed by atoms with van der Waals surface area (Å²) in [6.45, 7) is 8.05. The fraction of sp³-hybridized carbons (Fsp3) is 0.818. The Labute approximate surface area is 89.9 Å². The van der Waals surface area contributed by atoms with Crippen molar-refractivity contribution in [2.75, 3.05) is 6.61 Å². The lowest BCUT2D eigenvalue weighted by Gasteiger charge is -2.25. The van der Waals surface area contributed by atoms with Crippen molar-refractivity contribution in [1.29, 1.82) is 0 Å². The summed E-state index contributed by atoms with van der Waals surface area (Å²) in [6.07, 6.45) is -0.219. The summed E-state index contributed by atoms with van der Waals surface area (Å²) >= 11 is 0. The van der Waals surface area contributed by atoms with Gasteiger partial charge in [0.2, 0.25) is 6.10 Å². The van der Waals surface area contributed by atoms with Crippen LogP contribution in [0.5, 0.6) is 0 Å². The molecule has 0 saturated carbocycles. The Morgan fingerprint density at radius 1 is 1.53 bits per heavy atom. The van der Waals surface area contributed by atoms with E-state index in [0.29, 0.717) is 13.0 Å². The molecule has 4 nitrogen and oxygen atoms in total. The van der Waals surface area contributed by atoms with Crippen LogP contribution in [-0.2, 0) is 19.1 Å². The molecule has 1 rings (SSSR count). The van der Waals surface area contributed by atoms with Gasteiger partial charge in [-0.25, -0.2) is 4.79 Å². The molecule has 0 bridgehead atoms. The van der Waals surface area contributed by atoms with Crippen molar-refractivity contribution in [1.82, 2.24) is 0 Å². The molecular formula is C11H18O4. The number of rotatable bonds is 2. The largest absolute Gasteiger partial charge is 0.463 e. The van der Waals surface area contributed by atoms with Crippen LogP contribution < -0.4 is 0 Å². The van der Waals surface area contributed by atoms with Crippen molar-refractivity contribution in [3.8, 4) is 0 Å². The standard InChI is InChI=1S/C11H18O4/c1-7(11(2,3)4)9(12)15-8-5-6-14-10(8)13/h7-8H,5-6H2,1-4H3. The second-order valence-electron chi connectivity index (χ2n) is 4.97. The third-order valence-corrected chi connectivity index (χ3v) is 2.80. The Bertz CT molecular complexity index is 264. The molecule has 0 aromatic rings. The van der Waals surface area contributed by atoms with Crippen molar-refractivity contribution < 1.29 is 19.1 Å². The number of cyclic esters (lactones) is 1. The lowest BCUT2D eigenvalue weighted by atomic mass is 9.82. The van der Waals surface area contributed by atoms with Crippen LogP contribution in [0.2, 0.25) is 0 Å². The maximum absolute atomic E-state index is 11.7. The molecule has 0 aliphatic carbocycles. The predicted molar refractivity (Wildman–Crippen MR) is 54.1 cm³/mol. The van der Waals surface area contributed by atoms with E-state index in [0.717, 1.165) is 0 Å². The van der Waals surface area contributed by atoms with Crippen molar-refractivity contribution in [3.63, 3.8) is 0 Å². The van der Waals surface area contributed by atoms with E-state index < -0.39 is 12.1 Å². The van der Waals surface area contributed by atoms with Gasteiger partial charge < -0.3 is 9.47 Å². The number of hydrogen-bond donors (Lipinski definition) is 0. The molecule has 0 amide bonds. The first-order valence-corrected chi connectivity index (χ1v) is 5.19. The predicted octanol–water partition coefficient (Wildman–Crippen LogP) is 1.53. The average Bonchev–Trinajstić information content (AvgIpc) is 2.49. The van der Waals surface area contributed by atoms with Gasteiger partial charge in [0.25, 0.3) is 0 Å². The van der Waals surface area contributed by atoms with Gasteiger partial charge >= 0.3 is 11.9 Å². The van der Waals surface area contributed by atoms with E-state index >= 15 is 0 Å². The minimum atomic E-state index is -0.692. The first kappa shape index (κ1) is 12.0. The van der Waals surface area contributed by atoms with Crippen molar-refractivity contribution >= 4 is 11.9 Å². The SMILES string of the molecule is CC(C(=O)OC1CCOC1=O)C(C)(C)C. The Balaban J connectivity index is 2.52. The van der Waals surface area contributed by atoms with Gasteiger partial charge in [-0.3, -0.25) is 4.79 Å². The average molecular weight is 214 g/mol. The monoisotopic (exact) mass is 214 g/mol. The maximum atomic E-state index is 11.7. The highest BCUT2D eigenvalue weighted by molar-refractivity contribution is 5.81. The number of ether oxygens (including phenoxy) is 2. The first-order valence-electron chi connectivity index (χ1n) is 5.19. The molecular weight excluding hydrogens is 196 g/mol. The van der Waals surface area contributed by atoms with Gasteiger partial charge in [0, 0.05) is 6.42 Å². The number of carbonyl (C=O) groups excluding carboxylic acids is 2. The highest BCUT2D eigenvalue weighted by Crippen LogP contribution is 2.27. The molecule has 0 spiro atoms. The van der Waals surface area contributed by atoms with Crippen molar-refractivity contribution in [2.45, 2.75) is 40.2 Å². The zero-order chi connectivity index (χ0) is 11.6. The minimum absolute atomic E-state index is 0.153. The lowest BCUT2D eigenvalue weighted by molar-refractivity contribution is -0.165. The number of hydrogen-bond acceptors (Lipinski definition) is 4. The molecule has 0 radical (unpaired) electrons. The van der Waals surface area contributed by atoms with Crippen LogP contribution in [0.15, 0.2) is 0 Å². The highest BCUT2D eigenvalue weighted by atomic mass is 16.6. The van der Waals surface area contributed by atoms with Gasteiger partial charge in [0.1, 0.15) is 0 Å². The van der Waals surface area contributed by atoms with Crippen LogP contribution in [-0.4, -0.2) is 24.6 Å². The summed E-state index contributed by atoms with van der Waals surface area (Å²) in [6, 6.07) is 0. The molecule has 15 heavy (non-hydrogen) atoms. The Hall–Kier alpha value is -1.06. The summed E-state index contributed by atoms with van der Waals surface area (Å²) in [7, 11) is 0. The molecule has 0 aromatic heterocycles. The molecule has 1 saturated heterocycles. The molecule has 0 N–H and O–H groups in total. The van der Waals surface area contributed by atoms with E-state index in [1.54, 1.807) is 0 Å².